The molecule has 5 nitrogen and oxygen atoms in total. The lowest BCUT2D eigenvalue weighted by molar-refractivity contribution is 0.601. The van der Waals surface area contributed by atoms with Crippen molar-refractivity contribution in [2.45, 2.75) is 11.8 Å². The minimum atomic E-state index is -3.90. The highest BCUT2D eigenvalue weighted by Crippen LogP contribution is 2.26. The largest absolute Gasteiger partial charge is 0.332 e. The van der Waals surface area contributed by atoms with Gasteiger partial charge in [-0.2, -0.15) is 0 Å². The van der Waals surface area contributed by atoms with Crippen molar-refractivity contribution in [1.82, 2.24) is 0 Å². The Kier molecular flexibility index (Phi) is 6.36. The van der Waals surface area contributed by atoms with E-state index in [1.165, 1.54) is 24.3 Å². The van der Waals surface area contributed by atoms with Gasteiger partial charge in [-0.05, 0) is 85.4 Å². The first-order valence-electron chi connectivity index (χ1n) is 8.45. The molecule has 0 aliphatic heterocycles. The summed E-state index contributed by atoms with van der Waals surface area (Å²) in [5.74, 6) is -0.366. The van der Waals surface area contributed by atoms with Gasteiger partial charge in [0, 0.05) is 16.4 Å². The van der Waals surface area contributed by atoms with Crippen molar-refractivity contribution >= 4 is 56.0 Å². The topological polar surface area (TPSA) is 70.2 Å². The van der Waals surface area contributed by atoms with Gasteiger partial charge >= 0.3 is 0 Å². The molecular weight excluding hydrogens is 433 g/mol. The predicted octanol–water partition coefficient (Wildman–Crippen LogP) is 5.40. The molecule has 3 N–H and O–H groups in total. The van der Waals surface area contributed by atoms with Crippen LogP contribution in [0, 0.1) is 12.7 Å². The van der Waals surface area contributed by atoms with E-state index in [9.17, 15) is 12.8 Å². The van der Waals surface area contributed by atoms with Crippen molar-refractivity contribution in [3.05, 3.63) is 83.1 Å². The van der Waals surface area contributed by atoms with Crippen molar-refractivity contribution in [3.8, 4) is 0 Å². The summed E-state index contributed by atoms with van der Waals surface area (Å²) in [6, 6.07) is 16.9. The van der Waals surface area contributed by atoms with E-state index in [-0.39, 0.29) is 15.8 Å². The minimum Gasteiger partial charge on any atom is -0.332 e. The van der Waals surface area contributed by atoms with Gasteiger partial charge in [0.25, 0.3) is 10.0 Å². The molecule has 29 heavy (non-hydrogen) atoms. The van der Waals surface area contributed by atoms with Crippen LogP contribution in [-0.2, 0) is 10.0 Å². The molecule has 0 saturated carbocycles. The molecule has 0 amide bonds. The van der Waals surface area contributed by atoms with Crippen molar-refractivity contribution in [2.75, 3.05) is 15.4 Å². The predicted molar refractivity (Wildman–Crippen MR) is 120 cm³/mol. The van der Waals surface area contributed by atoms with Gasteiger partial charge in [-0.25, -0.2) is 12.8 Å². The number of nitrogens with one attached hydrogen (secondary N) is 3. The van der Waals surface area contributed by atoms with Gasteiger partial charge in [0.1, 0.15) is 10.7 Å². The molecular formula is C20H17ClFN3O2S2. The van der Waals surface area contributed by atoms with E-state index in [0.717, 1.165) is 5.56 Å². The first-order chi connectivity index (χ1) is 13.7. The number of hydrogen-bond donors (Lipinski definition) is 3. The second-order valence-corrected chi connectivity index (χ2v) is 8.69. The fourth-order valence-electron chi connectivity index (χ4n) is 2.50. The van der Waals surface area contributed by atoms with Gasteiger partial charge in [-0.3, -0.25) is 4.72 Å². The molecule has 150 valence electrons. The molecule has 0 fully saturated rings. The lowest BCUT2D eigenvalue weighted by atomic mass is 10.2. The van der Waals surface area contributed by atoms with Crippen LogP contribution in [0.3, 0.4) is 0 Å². The number of halogens is 2. The van der Waals surface area contributed by atoms with Crippen LogP contribution in [0.15, 0.2) is 71.6 Å². The smallest absolute Gasteiger partial charge is 0.263 e. The molecule has 0 aliphatic rings. The van der Waals surface area contributed by atoms with Gasteiger partial charge in [-0.15, -0.1) is 0 Å². The van der Waals surface area contributed by atoms with E-state index in [1.807, 2.05) is 0 Å². The quantitative estimate of drug-likeness (QED) is 0.455. The summed E-state index contributed by atoms with van der Waals surface area (Å²) in [6.07, 6.45) is 0. The van der Waals surface area contributed by atoms with Crippen LogP contribution >= 0.6 is 23.8 Å². The van der Waals surface area contributed by atoms with Gasteiger partial charge in [0.15, 0.2) is 5.11 Å². The highest BCUT2D eigenvalue weighted by atomic mass is 35.5. The van der Waals surface area contributed by atoms with Crippen LogP contribution in [0.2, 0.25) is 5.02 Å². The normalized spacial score (nSPS) is 11.0. The molecule has 3 aromatic rings. The summed E-state index contributed by atoms with van der Waals surface area (Å²) in [5, 5.41) is 6.45. The molecule has 0 radical (unpaired) electrons. The molecule has 0 spiro atoms. The SMILES string of the molecule is Cc1ccc(NC(=S)Nc2ccc(F)cc2)c(S(=O)(=O)Nc2ccc(Cl)cc2)c1. The maximum absolute atomic E-state index is 13.0. The molecule has 0 saturated heterocycles. The molecule has 0 aromatic heterocycles. The highest BCUT2D eigenvalue weighted by Gasteiger charge is 2.20. The summed E-state index contributed by atoms with van der Waals surface area (Å²) in [5.41, 5.74) is 2.02. The molecule has 0 heterocycles. The van der Waals surface area contributed by atoms with Crippen LogP contribution in [0.1, 0.15) is 5.56 Å². The Morgan fingerprint density at radius 3 is 2.21 bits per heavy atom. The monoisotopic (exact) mass is 449 g/mol. The molecule has 3 aromatic carbocycles. The maximum atomic E-state index is 13.0. The Balaban J connectivity index is 1.83. The van der Waals surface area contributed by atoms with Gasteiger partial charge in [-0.1, -0.05) is 17.7 Å². The zero-order valence-electron chi connectivity index (χ0n) is 15.2. The zero-order valence-corrected chi connectivity index (χ0v) is 17.6. The van der Waals surface area contributed by atoms with Crippen LogP contribution in [0.4, 0.5) is 21.5 Å². The van der Waals surface area contributed by atoms with E-state index >= 15 is 0 Å². The standard InChI is InChI=1S/C20H17ClFN3O2S2/c1-13-2-11-18(24-20(28)23-16-9-5-15(22)6-10-16)19(12-13)29(26,27)25-17-7-3-14(21)4-8-17/h2-12,25H,1H3,(H2,23,24,28). The molecule has 9 heteroatoms. The number of benzene rings is 3. The maximum Gasteiger partial charge on any atom is 0.263 e. The van der Waals surface area contributed by atoms with Crippen molar-refractivity contribution in [1.29, 1.82) is 0 Å². The second-order valence-electron chi connectivity index (χ2n) is 6.20. The van der Waals surface area contributed by atoms with Crippen LogP contribution in [0.25, 0.3) is 0 Å². The fourth-order valence-corrected chi connectivity index (χ4v) is 4.16. The third kappa shape index (κ3) is 5.66. The number of hydrogen-bond acceptors (Lipinski definition) is 3. The molecule has 0 unspecified atom stereocenters. The fraction of sp³-hybridized carbons (Fsp3) is 0.0500. The Bertz CT molecular complexity index is 1140. The number of anilines is 3. The third-order valence-corrected chi connectivity index (χ3v) is 5.75. The van der Waals surface area contributed by atoms with E-state index in [4.69, 9.17) is 23.8 Å². The Labute approximate surface area is 179 Å². The minimum absolute atomic E-state index is 0.0377. The van der Waals surface area contributed by atoms with E-state index in [1.54, 1.807) is 49.4 Å². The van der Waals surface area contributed by atoms with Crippen LogP contribution in [-0.4, -0.2) is 13.5 Å². The number of rotatable bonds is 5. The van der Waals surface area contributed by atoms with Crippen molar-refractivity contribution < 1.29 is 12.8 Å². The third-order valence-electron chi connectivity index (χ3n) is 3.87. The molecule has 3 rings (SSSR count). The highest BCUT2D eigenvalue weighted by molar-refractivity contribution is 7.93. The van der Waals surface area contributed by atoms with E-state index < -0.39 is 10.0 Å². The molecule has 0 aliphatic carbocycles. The summed E-state index contributed by atoms with van der Waals surface area (Å²) in [6.45, 7) is 1.79. The van der Waals surface area contributed by atoms with Gasteiger partial charge < -0.3 is 10.6 Å². The van der Waals surface area contributed by atoms with E-state index in [0.29, 0.717) is 22.1 Å². The Morgan fingerprint density at radius 2 is 1.55 bits per heavy atom. The van der Waals surface area contributed by atoms with E-state index in [2.05, 4.69) is 15.4 Å². The Morgan fingerprint density at radius 1 is 0.931 bits per heavy atom. The average Bonchev–Trinajstić information content (AvgIpc) is 2.67. The zero-order chi connectivity index (χ0) is 21.0. The summed E-state index contributed by atoms with van der Waals surface area (Å²) in [7, 11) is -3.90. The number of sulfonamides is 1. The second kappa shape index (κ2) is 8.77. The average molecular weight is 450 g/mol. The first kappa shape index (κ1) is 21.0. The van der Waals surface area contributed by atoms with Crippen molar-refractivity contribution in [2.24, 2.45) is 0 Å². The van der Waals surface area contributed by atoms with Crippen LogP contribution < -0.4 is 15.4 Å². The molecule has 0 bridgehead atoms. The Hall–Kier alpha value is -2.68. The molecule has 0 atom stereocenters. The van der Waals surface area contributed by atoms with Gasteiger partial charge in [0.05, 0.1) is 5.69 Å². The lowest BCUT2D eigenvalue weighted by Gasteiger charge is -2.16. The van der Waals surface area contributed by atoms with Gasteiger partial charge in [0.2, 0.25) is 0 Å². The first-order valence-corrected chi connectivity index (χ1v) is 10.7. The summed E-state index contributed by atoms with van der Waals surface area (Å²) >= 11 is 11.1. The lowest BCUT2D eigenvalue weighted by Crippen LogP contribution is -2.22. The summed E-state index contributed by atoms with van der Waals surface area (Å²) in [4.78, 5) is 0.0377. The van der Waals surface area contributed by atoms with Crippen molar-refractivity contribution in [3.63, 3.8) is 0 Å². The number of aryl methyl sites for hydroxylation is 1. The summed E-state index contributed by atoms with van der Waals surface area (Å²) < 4.78 is 41.5. The number of thiocarbonyl (C=S) groups is 1. The van der Waals surface area contributed by atoms with Crippen LogP contribution in [0.5, 0.6) is 0 Å².